The van der Waals surface area contributed by atoms with Crippen molar-refractivity contribution >= 4 is 51.9 Å². The molecular weight excluding hydrogens is 858 g/mol. The minimum absolute atomic E-state index is 0.0296. The van der Waals surface area contributed by atoms with Gasteiger partial charge in [0, 0.05) is 101 Å². The molecule has 18 heteroatoms. The monoisotopic (exact) mass is 907 g/mol. The molecule has 2 N–H and O–H groups in total. The molecule has 0 radical (unpaired) electrons. The summed E-state index contributed by atoms with van der Waals surface area (Å²) in [5.74, 6) is -2.68. The predicted molar refractivity (Wildman–Crippen MR) is 245 cm³/mol. The van der Waals surface area contributed by atoms with Crippen LogP contribution in [0.25, 0.3) is 27.9 Å². The number of aromatic nitrogens is 5. The first-order valence-electron chi connectivity index (χ1n) is 22.9. The van der Waals surface area contributed by atoms with Crippen LogP contribution in [0.2, 0.25) is 0 Å². The van der Waals surface area contributed by atoms with Crippen molar-refractivity contribution in [2.45, 2.75) is 50.7 Å². The third kappa shape index (κ3) is 9.37. The summed E-state index contributed by atoms with van der Waals surface area (Å²) in [4.78, 5) is 84.6. The van der Waals surface area contributed by atoms with E-state index in [0.717, 1.165) is 97.8 Å². The maximum absolute atomic E-state index is 15.4. The number of nitrogens with zero attached hydrogens (tertiary/aromatic N) is 9. The molecule has 67 heavy (non-hydrogen) atoms. The largest absolute Gasteiger partial charge is 0.378 e. The zero-order valence-electron chi connectivity index (χ0n) is 36.9. The molecule has 0 saturated carbocycles. The number of piperidine rings is 2. The van der Waals surface area contributed by atoms with Crippen LogP contribution in [0.5, 0.6) is 0 Å². The van der Waals surface area contributed by atoms with Gasteiger partial charge >= 0.3 is 0 Å². The molecule has 3 aromatic heterocycles. The lowest BCUT2D eigenvalue weighted by Gasteiger charge is -2.36. The van der Waals surface area contributed by atoms with Gasteiger partial charge in [-0.3, -0.25) is 44.1 Å². The van der Waals surface area contributed by atoms with Gasteiger partial charge in [-0.25, -0.2) is 18.9 Å². The molecule has 3 saturated heterocycles. The fourth-order valence-electron chi connectivity index (χ4n) is 9.52. The molecule has 0 spiro atoms. The fourth-order valence-corrected chi connectivity index (χ4v) is 9.52. The second-order valence-corrected chi connectivity index (χ2v) is 17.5. The number of imide groups is 2. The van der Waals surface area contributed by atoms with Crippen molar-refractivity contribution < 1.29 is 33.1 Å². The molecule has 344 valence electrons. The standard InChI is InChI=1S/C49H50FN11O6/c50-40-27-33(42-30-54-49-53-29-35(61(49)56-42)26-31-4-9-41-32(25-31)3-1-14-51-41)5-7-38(40)45(63)52-15-19-58-17-12-36(13-18-58)67-24-2-16-57-20-22-59(23-21-57)34-6-8-37-39(28-34)48(66)60(47(37)65)43-10-11-44(62)55-46(43)64/h1,3-9,14,25,27-30,36,43H,2,10-13,15-24,26H2,(H,52,63)(H,55,62,64). The number of fused-ring (bicyclic) bond motifs is 3. The van der Waals surface area contributed by atoms with E-state index >= 15 is 4.39 Å². The number of imidazole rings is 1. The second-order valence-electron chi connectivity index (χ2n) is 17.5. The van der Waals surface area contributed by atoms with Gasteiger partial charge in [0.05, 0.1) is 46.4 Å². The van der Waals surface area contributed by atoms with Crippen LogP contribution in [-0.4, -0.2) is 146 Å². The summed E-state index contributed by atoms with van der Waals surface area (Å²) in [5.41, 5.74) is 5.19. The van der Waals surface area contributed by atoms with Crippen molar-refractivity contribution in [3.63, 3.8) is 0 Å². The van der Waals surface area contributed by atoms with E-state index in [1.165, 1.54) is 12.1 Å². The molecule has 0 bridgehead atoms. The summed E-state index contributed by atoms with van der Waals surface area (Å²) in [7, 11) is 0. The first kappa shape index (κ1) is 43.9. The molecule has 7 heterocycles. The third-order valence-electron chi connectivity index (χ3n) is 13.2. The van der Waals surface area contributed by atoms with Crippen LogP contribution in [0.4, 0.5) is 10.1 Å². The maximum atomic E-state index is 15.4. The number of carbonyl (C=O) groups excluding carboxylic acids is 5. The van der Waals surface area contributed by atoms with E-state index in [4.69, 9.17) is 9.84 Å². The summed E-state index contributed by atoms with van der Waals surface area (Å²) in [6, 6.07) is 18.8. The van der Waals surface area contributed by atoms with Gasteiger partial charge in [-0.2, -0.15) is 5.10 Å². The number of pyridine rings is 1. The molecule has 1 atom stereocenters. The van der Waals surface area contributed by atoms with Gasteiger partial charge < -0.3 is 19.9 Å². The molecule has 0 aliphatic carbocycles. The van der Waals surface area contributed by atoms with E-state index in [-0.39, 0.29) is 30.1 Å². The minimum atomic E-state index is -0.983. The number of benzene rings is 3. The highest BCUT2D eigenvalue weighted by Gasteiger charge is 2.45. The lowest BCUT2D eigenvalue weighted by atomic mass is 10.0. The summed E-state index contributed by atoms with van der Waals surface area (Å²) >= 11 is 0. The van der Waals surface area contributed by atoms with Gasteiger partial charge in [-0.1, -0.05) is 18.2 Å². The van der Waals surface area contributed by atoms with E-state index in [1.54, 1.807) is 41.3 Å². The quantitative estimate of drug-likeness (QED) is 0.119. The molecule has 5 amide bonds. The highest BCUT2D eigenvalue weighted by molar-refractivity contribution is 6.23. The molecule has 3 aromatic carbocycles. The van der Waals surface area contributed by atoms with Crippen LogP contribution in [-0.2, 0) is 20.7 Å². The van der Waals surface area contributed by atoms with Gasteiger partial charge in [0.2, 0.25) is 11.8 Å². The number of hydrogen-bond acceptors (Lipinski definition) is 13. The lowest BCUT2D eigenvalue weighted by molar-refractivity contribution is -0.136. The Hall–Kier alpha value is -7.02. The minimum Gasteiger partial charge on any atom is -0.378 e. The maximum Gasteiger partial charge on any atom is 0.262 e. The van der Waals surface area contributed by atoms with Gasteiger partial charge in [-0.15, -0.1) is 0 Å². The van der Waals surface area contributed by atoms with Gasteiger partial charge in [-0.05, 0) is 79.8 Å². The summed E-state index contributed by atoms with van der Waals surface area (Å²) in [6.07, 6.45) is 8.75. The number of ether oxygens (including phenoxy) is 1. The highest BCUT2D eigenvalue weighted by atomic mass is 19.1. The van der Waals surface area contributed by atoms with E-state index in [1.807, 2.05) is 30.3 Å². The molecule has 4 aliphatic rings. The van der Waals surface area contributed by atoms with Crippen molar-refractivity contribution in [3.8, 4) is 11.3 Å². The number of amides is 5. The van der Waals surface area contributed by atoms with Crippen LogP contribution in [0.3, 0.4) is 0 Å². The summed E-state index contributed by atoms with van der Waals surface area (Å²) < 4.78 is 23.3. The zero-order valence-corrected chi connectivity index (χ0v) is 36.9. The van der Waals surface area contributed by atoms with Crippen molar-refractivity contribution in [1.82, 2.24) is 49.9 Å². The number of carbonyl (C=O) groups is 5. The Balaban J connectivity index is 0.622. The highest BCUT2D eigenvalue weighted by Crippen LogP contribution is 2.31. The van der Waals surface area contributed by atoms with Gasteiger partial charge in [0.25, 0.3) is 23.5 Å². The Labute approximate surface area is 385 Å². The number of likely N-dealkylation sites (tertiary alicyclic amines) is 1. The number of anilines is 1. The average molecular weight is 908 g/mol. The average Bonchev–Trinajstić information content (AvgIpc) is 3.86. The number of hydrogen-bond donors (Lipinski definition) is 2. The third-order valence-corrected chi connectivity index (χ3v) is 13.2. The van der Waals surface area contributed by atoms with Crippen LogP contribution >= 0.6 is 0 Å². The molecule has 10 rings (SSSR count). The second kappa shape index (κ2) is 19.1. The lowest BCUT2D eigenvalue weighted by Crippen LogP contribution is -2.54. The summed E-state index contributed by atoms with van der Waals surface area (Å²) in [6.45, 7) is 7.59. The Bertz CT molecular complexity index is 2890. The Kier molecular flexibility index (Phi) is 12.5. The van der Waals surface area contributed by atoms with Crippen molar-refractivity contribution in [1.29, 1.82) is 0 Å². The first-order chi connectivity index (χ1) is 32.6. The Morgan fingerprint density at radius 3 is 2.45 bits per heavy atom. The molecule has 3 fully saturated rings. The van der Waals surface area contributed by atoms with Crippen LogP contribution in [0, 0.1) is 5.82 Å². The zero-order chi connectivity index (χ0) is 46.0. The first-order valence-corrected chi connectivity index (χ1v) is 22.9. The molecule has 6 aromatic rings. The van der Waals surface area contributed by atoms with Crippen molar-refractivity contribution in [3.05, 3.63) is 119 Å². The van der Waals surface area contributed by atoms with Crippen LogP contribution < -0.4 is 15.5 Å². The van der Waals surface area contributed by atoms with Gasteiger partial charge in [0.1, 0.15) is 17.6 Å². The number of piperazine rings is 1. The SMILES string of the molecule is O=C1CCC(N2C(=O)c3ccc(N4CCN(CCCOC5CCN(CCNC(=O)c6ccc(-c7cnc8ncc(Cc9ccc%10ncccc%10c9)n8n7)cc6F)CC5)CC4)cc3C2=O)C(=O)N1. The Morgan fingerprint density at radius 1 is 0.821 bits per heavy atom. The molecule has 17 nitrogen and oxygen atoms in total. The van der Waals surface area contributed by atoms with Crippen LogP contribution in [0.15, 0.2) is 85.3 Å². The molecular formula is C49H50FN11O6. The summed E-state index contributed by atoms with van der Waals surface area (Å²) in [5, 5.41) is 10.9. The van der Waals surface area contributed by atoms with Gasteiger partial charge in [0.15, 0.2) is 0 Å². The Morgan fingerprint density at radius 2 is 1.63 bits per heavy atom. The predicted octanol–water partition coefficient (Wildman–Crippen LogP) is 3.89. The van der Waals surface area contributed by atoms with E-state index < -0.39 is 41.4 Å². The molecule has 4 aliphatic heterocycles. The fraction of sp³-hybridized carbons (Fsp3) is 0.367. The van der Waals surface area contributed by atoms with Crippen LogP contribution in [0.1, 0.15) is 74.4 Å². The molecule has 1 unspecified atom stereocenters. The number of halogens is 1. The van der Waals surface area contributed by atoms with Crippen molar-refractivity contribution in [2.75, 3.05) is 70.4 Å². The smallest absolute Gasteiger partial charge is 0.262 e. The topological polar surface area (TPSA) is 188 Å². The van der Waals surface area contributed by atoms with E-state index in [2.05, 4.69) is 46.4 Å². The van der Waals surface area contributed by atoms with E-state index in [9.17, 15) is 24.0 Å². The van der Waals surface area contributed by atoms with E-state index in [0.29, 0.717) is 48.7 Å². The van der Waals surface area contributed by atoms with Crippen molar-refractivity contribution in [2.24, 2.45) is 0 Å². The number of rotatable bonds is 14. The normalized spacial score (nSPS) is 18.6. The number of nitrogens with one attached hydrogen (secondary N) is 2.